The highest BCUT2D eigenvalue weighted by Gasteiger charge is 2.31. The summed E-state index contributed by atoms with van der Waals surface area (Å²) in [6.07, 6.45) is 0. The molecule has 0 amide bonds. The highest BCUT2D eigenvalue weighted by Crippen LogP contribution is 2.36. The number of para-hydroxylation sites is 2. The second-order valence-corrected chi connectivity index (χ2v) is 7.14. The van der Waals surface area contributed by atoms with Gasteiger partial charge in [-0.15, -0.1) is 0 Å². The quantitative estimate of drug-likeness (QED) is 0.837. The third kappa shape index (κ3) is 2.57. The van der Waals surface area contributed by atoms with Crippen LogP contribution in [0.15, 0.2) is 47.4 Å². The third-order valence-electron chi connectivity index (χ3n) is 3.15. The first kappa shape index (κ1) is 14.5. The number of benzene rings is 2. The van der Waals surface area contributed by atoms with Crippen LogP contribution in [0.2, 0.25) is 10.0 Å². The van der Waals surface area contributed by atoms with Gasteiger partial charge in [0.05, 0.1) is 17.3 Å². The van der Waals surface area contributed by atoms with Gasteiger partial charge in [0.1, 0.15) is 17.3 Å². The lowest BCUT2D eigenvalue weighted by atomic mass is 10.2. The van der Waals surface area contributed by atoms with Crippen molar-refractivity contribution in [3.8, 4) is 5.75 Å². The van der Waals surface area contributed by atoms with Crippen molar-refractivity contribution < 1.29 is 13.2 Å². The molecule has 0 saturated carbocycles. The van der Waals surface area contributed by atoms with E-state index in [1.807, 2.05) is 0 Å². The molecular formula is C14H11Cl2NO3S. The van der Waals surface area contributed by atoms with Crippen LogP contribution in [0.25, 0.3) is 0 Å². The van der Waals surface area contributed by atoms with E-state index in [0.717, 1.165) is 0 Å². The monoisotopic (exact) mass is 343 g/mol. The Balaban J connectivity index is 2.14. The number of anilines is 1. The predicted molar refractivity (Wildman–Crippen MR) is 82.9 cm³/mol. The molecule has 2 aromatic rings. The molecule has 3 rings (SSSR count). The number of ether oxygens (including phenoxy) is 1. The van der Waals surface area contributed by atoms with Gasteiger partial charge < -0.3 is 4.74 Å². The molecule has 21 heavy (non-hydrogen) atoms. The van der Waals surface area contributed by atoms with Crippen molar-refractivity contribution in [3.63, 3.8) is 0 Å². The summed E-state index contributed by atoms with van der Waals surface area (Å²) in [5.74, 6) is 0.533. The molecule has 0 N–H and O–H groups in total. The lowest BCUT2D eigenvalue weighted by Crippen LogP contribution is -2.38. The van der Waals surface area contributed by atoms with E-state index < -0.39 is 10.0 Å². The Morgan fingerprint density at radius 3 is 2.67 bits per heavy atom. The van der Waals surface area contributed by atoms with E-state index in [1.54, 1.807) is 30.3 Å². The summed E-state index contributed by atoms with van der Waals surface area (Å²) >= 11 is 11.9. The molecule has 0 fully saturated rings. The molecule has 2 aromatic carbocycles. The van der Waals surface area contributed by atoms with Gasteiger partial charge in [-0.3, -0.25) is 4.31 Å². The van der Waals surface area contributed by atoms with Crippen LogP contribution in [0.1, 0.15) is 0 Å². The highest BCUT2D eigenvalue weighted by molar-refractivity contribution is 7.93. The maximum Gasteiger partial charge on any atom is 0.266 e. The Hall–Kier alpha value is -1.43. The molecule has 0 unspecified atom stereocenters. The Kier molecular flexibility index (Phi) is 3.73. The lowest BCUT2D eigenvalue weighted by molar-refractivity contribution is 0.316. The van der Waals surface area contributed by atoms with Gasteiger partial charge in [-0.2, -0.15) is 0 Å². The third-order valence-corrected chi connectivity index (χ3v) is 5.68. The molecule has 1 heterocycles. The Morgan fingerprint density at radius 2 is 1.86 bits per heavy atom. The Morgan fingerprint density at radius 1 is 1.10 bits per heavy atom. The Labute approximate surface area is 132 Å². The molecule has 1 aliphatic rings. The minimum atomic E-state index is -3.79. The fourth-order valence-corrected chi connectivity index (χ4v) is 4.39. The van der Waals surface area contributed by atoms with Gasteiger partial charge in [0, 0.05) is 5.02 Å². The number of rotatable bonds is 2. The minimum Gasteiger partial charge on any atom is -0.489 e. The van der Waals surface area contributed by atoms with Crippen molar-refractivity contribution in [1.82, 2.24) is 0 Å². The van der Waals surface area contributed by atoms with Crippen molar-refractivity contribution in [1.29, 1.82) is 0 Å². The topological polar surface area (TPSA) is 46.6 Å². The van der Waals surface area contributed by atoms with Crippen molar-refractivity contribution in [2.24, 2.45) is 0 Å². The number of fused-ring (bicyclic) bond motifs is 1. The van der Waals surface area contributed by atoms with Gasteiger partial charge in [0.15, 0.2) is 0 Å². The number of hydrogen-bond acceptors (Lipinski definition) is 3. The summed E-state index contributed by atoms with van der Waals surface area (Å²) in [6.45, 7) is 0.511. The van der Waals surface area contributed by atoms with E-state index in [1.165, 1.54) is 16.4 Å². The predicted octanol–water partition coefficient (Wildman–Crippen LogP) is 3.58. The lowest BCUT2D eigenvalue weighted by Gasteiger charge is -2.30. The van der Waals surface area contributed by atoms with E-state index in [-0.39, 0.29) is 23.1 Å². The number of halogens is 2. The van der Waals surface area contributed by atoms with Crippen LogP contribution in [0.4, 0.5) is 5.69 Å². The largest absolute Gasteiger partial charge is 0.489 e. The maximum absolute atomic E-state index is 12.9. The summed E-state index contributed by atoms with van der Waals surface area (Å²) < 4.78 is 32.5. The highest BCUT2D eigenvalue weighted by atomic mass is 35.5. The van der Waals surface area contributed by atoms with Crippen LogP contribution in [-0.2, 0) is 10.0 Å². The van der Waals surface area contributed by atoms with Crippen LogP contribution < -0.4 is 9.04 Å². The Bertz CT molecular complexity index is 793. The molecule has 0 saturated heterocycles. The van der Waals surface area contributed by atoms with Crippen molar-refractivity contribution in [2.45, 2.75) is 4.90 Å². The molecule has 0 aliphatic carbocycles. The number of hydrogen-bond donors (Lipinski definition) is 0. The van der Waals surface area contributed by atoms with Crippen LogP contribution >= 0.6 is 23.2 Å². The van der Waals surface area contributed by atoms with Crippen LogP contribution in [-0.4, -0.2) is 21.6 Å². The average molecular weight is 344 g/mol. The number of nitrogens with zero attached hydrogens (tertiary/aromatic N) is 1. The molecule has 0 spiro atoms. The van der Waals surface area contributed by atoms with Gasteiger partial charge in [-0.05, 0) is 30.3 Å². The normalized spacial score (nSPS) is 14.5. The van der Waals surface area contributed by atoms with Gasteiger partial charge in [0.25, 0.3) is 10.0 Å². The second-order valence-electron chi connectivity index (χ2n) is 4.47. The van der Waals surface area contributed by atoms with Crippen molar-refractivity contribution in [2.75, 3.05) is 17.5 Å². The zero-order valence-electron chi connectivity index (χ0n) is 10.8. The first-order chi connectivity index (χ1) is 10.00. The fraction of sp³-hybridized carbons (Fsp3) is 0.143. The first-order valence-corrected chi connectivity index (χ1v) is 8.39. The minimum absolute atomic E-state index is 0.00614. The van der Waals surface area contributed by atoms with E-state index in [0.29, 0.717) is 16.5 Å². The maximum atomic E-state index is 12.9. The smallest absolute Gasteiger partial charge is 0.266 e. The standard InChI is InChI=1S/C14H11Cl2NO3S/c15-10-5-6-11(16)14(9-10)21(18,19)17-7-8-20-13-4-2-1-3-12(13)17/h1-6,9H,7-8H2. The van der Waals surface area contributed by atoms with Gasteiger partial charge in [-0.25, -0.2) is 8.42 Å². The summed E-state index contributed by atoms with van der Waals surface area (Å²) in [5, 5.41) is 0.461. The van der Waals surface area contributed by atoms with E-state index >= 15 is 0 Å². The SMILES string of the molecule is O=S(=O)(c1cc(Cl)ccc1Cl)N1CCOc2ccccc21. The zero-order valence-corrected chi connectivity index (χ0v) is 13.1. The molecule has 0 atom stereocenters. The van der Waals surface area contributed by atoms with Gasteiger partial charge in [-0.1, -0.05) is 35.3 Å². The summed E-state index contributed by atoms with van der Waals surface area (Å²) in [7, 11) is -3.79. The average Bonchev–Trinajstić information content (AvgIpc) is 2.49. The van der Waals surface area contributed by atoms with Crippen molar-refractivity contribution in [3.05, 3.63) is 52.5 Å². The van der Waals surface area contributed by atoms with Gasteiger partial charge in [0.2, 0.25) is 0 Å². The van der Waals surface area contributed by atoms with Gasteiger partial charge >= 0.3 is 0 Å². The summed E-state index contributed by atoms with van der Waals surface area (Å²) in [6, 6.07) is 11.4. The fourth-order valence-electron chi connectivity index (χ4n) is 2.19. The summed E-state index contributed by atoms with van der Waals surface area (Å²) in [4.78, 5) is -0.00614. The first-order valence-electron chi connectivity index (χ1n) is 6.20. The molecule has 110 valence electrons. The molecule has 4 nitrogen and oxygen atoms in total. The molecular weight excluding hydrogens is 333 g/mol. The summed E-state index contributed by atoms with van der Waals surface area (Å²) in [5.41, 5.74) is 0.500. The molecule has 1 aliphatic heterocycles. The molecule has 0 bridgehead atoms. The van der Waals surface area contributed by atoms with E-state index in [9.17, 15) is 8.42 Å². The molecule has 0 radical (unpaired) electrons. The molecule has 0 aromatic heterocycles. The molecule has 7 heteroatoms. The van der Waals surface area contributed by atoms with E-state index in [2.05, 4.69) is 0 Å². The van der Waals surface area contributed by atoms with Crippen LogP contribution in [0, 0.1) is 0 Å². The van der Waals surface area contributed by atoms with Crippen molar-refractivity contribution >= 4 is 38.9 Å². The zero-order chi connectivity index (χ0) is 15.0. The second kappa shape index (κ2) is 5.40. The van der Waals surface area contributed by atoms with Crippen LogP contribution in [0.5, 0.6) is 5.75 Å². The van der Waals surface area contributed by atoms with E-state index in [4.69, 9.17) is 27.9 Å². The van der Waals surface area contributed by atoms with Crippen LogP contribution in [0.3, 0.4) is 0 Å². The number of sulfonamides is 1.